The highest BCUT2D eigenvalue weighted by atomic mass is 32.1. The molecule has 0 amide bonds. The smallest absolute Gasteiger partial charge is 0.417 e. The largest absolute Gasteiger partial charge is 0.464 e. The zero-order valence-electron chi connectivity index (χ0n) is 12.3. The van der Waals surface area contributed by atoms with Gasteiger partial charge in [0, 0.05) is 11.1 Å². The van der Waals surface area contributed by atoms with Crippen molar-refractivity contribution in [3.8, 4) is 0 Å². The molecule has 2 aliphatic rings. The molecule has 0 aromatic heterocycles. The van der Waals surface area contributed by atoms with Crippen LogP contribution in [0.25, 0.3) is 5.76 Å². The Morgan fingerprint density at radius 1 is 1.12 bits per heavy atom. The number of benzene rings is 1. The summed E-state index contributed by atoms with van der Waals surface area (Å²) < 4.78 is 44.9. The van der Waals surface area contributed by atoms with Crippen LogP contribution in [0.15, 0.2) is 53.8 Å². The van der Waals surface area contributed by atoms with E-state index in [2.05, 4.69) is 0 Å². The topological polar surface area (TPSA) is 29.5 Å². The van der Waals surface area contributed by atoms with E-state index in [9.17, 15) is 18.3 Å². The molecule has 0 radical (unpaired) electrons. The maximum atomic E-state index is 13.2. The molecule has 1 aliphatic heterocycles. The number of hydrogen-bond acceptors (Lipinski definition) is 4. The zero-order valence-corrected chi connectivity index (χ0v) is 14.0. The van der Waals surface area contributed by atoms with Crippen molar-refractivity contribution in [1.82, 2.24) is 0 Å². The molecule has 0 saturated heterocycles. The molecule has 3 rings (SSSR count). The van der Waals surface area contributed by atoms with Crippen LogP contribution >= 0.6 is 24.4 Å². The maximum absolute atomic E-state index is 13.2. The Labute approximate surface area is 146 Å². The number of fused-ring (bicyclic) bond motifs is 1. The Morgan fingerprint density at radius 3 is 2.46 bits per heavy atom. The fourth-order valence-corrected chi connectivity index (χ4v) is 3.06. The van der Waals surface area contributed by atoms with E-state index in [1.54, 1.807) is 0 Å². The van der Waals surface area contributed by atoms with Gasteiger partial charge in [-0.25, -0.2) is 0 Å². The van der Waals surface area contributed by atoms with Crippen molar-refractivity contribution in [3.63, 3.8) is 0 Å². The van der Waals surface area contributed by atoms with Crippen molar-refractivity contribution in [3.05, 3.63) is 65.0 Å². The van der Waals surface area contributed by atoms with Crippen LogP contribution in [-0.2, 0) is 10.9 Å². The van der Waals surface area contributed by atoms with E-state index in [-0.39, 0.29) is 21.1 Å². The predicted molar refractivity (Wildman–Crippen MR) is 92.5 cm³/mol. The summed E-state index contributed by atoms with van der Waals surface area (Å²) in [5.41, 5.74) is -1.36. The molecule has 1 heterocycles. The summed E-state index contributed by atoms with van der Waals surface area (Å²) in [7, 11) is 0. The molecule has 0 fully saturated rings. The number of allylic oxidation sites excluding steroid dienone is 2. The molecule has 1 unspecified atom stereocenters. The fraction of sp³-hybridized carbons (Fsp3) is 0.176. The molecule has 1 aromatic rings. The van der Waals surface area contributed by atoms with Gasteiger partial charge in [-0.2, -0.15) is 13.2 Å². The molecule has 0 spiro atoms. The quantitative estimate of drug-likeness (QED) is 0.745. The number of hydrogen-bond donors (Lipinski definition) is 1. The van der Waals surface area contributed by atoms with Gasteiger partial charge in [-0.1, -0.05) is 42.6 Å². The van der Waals surface area contributed by atoms with Crippen LogP contribution in [0.3, 0.4) is 0 Å². The van der Waals surface area contributed by atoms with Crippen LogP contribution in [0.1, 0.15) is 18.1 Å². The number of thiocarbonyl (C=S) groups is 2. The summed E-state index contributed by atoms with van der Waals surface area (Å²) in [5.74, 6) is 0.0464. The first kappa shape index (κ1) is 17.0. The van der Waals surface area contributed by atoms with E-state index >= 15 is 0 Å². The average Bonchev–Trinajstić information content (AvgIpc) is 2.52. The third-order valence-electron chi connectivity index (χ3n) is 3.85. The van der Waals surface area contributed by atoms with Gasteiger partial charge in [0.05, 0.1) is 15.3 Å². The third kappa shape index (κ3) is 2.72. The van der Waals surface area contributed by atoms with Crippen molar-refractivity contribution in [2.75, 3.05) is 0 Å². The molecule has 124 valence electrons. The second-order valence-corrected chi connectivity index (χ2v) is 6.41. The molecule has 0 saturated carbocycles. The Bertz CT molecular complexity index is 846. The monoisotopic (exact) mass is 368 g/mol. The highest BCUT2D eigenvalue weighted by Crippen LogP contribution is 2.39. The number of aliphatic hydroxyl groups is 1. The minimum atomic E-state index is -4.50. The molecule has 1 N–H and O–H groups in total. The number of ether oxygens (including phenoxy) is 1. The van der Waals surface area contributed by atoms with Crippen molar-refractivity contribution in [1.29, 1.82) is 0 Å². The minimum absolute atomic E-state index is 0.0464. The summed E-state index contributed by atoms with van der Waals surface area (Å²) >= 11 is 10.4. The third-order valence-corrected chi connectivity index (χ3v) is 4.99. The van der Waals surface area contributed by atoms with Crippen LogP contribution < -0.4 is 0 Å². The molecular formula is C17H11F3O2S2. The number of rotatable bonds is 1. The molecule has 1 aromatic carbocycles. The van der Waals surface area contributed by atoms with Gasteiger partial charge in [0.2, 0.25) is 0 Å². The first-order valence-corrected chi connectivity index (χ1v) is 7.73. The summed E-state index contributed by atoms with van der Waals surface area (Å²) in [5, 5.41) is 10.3. The summed E-state index contributed by atoms with van der Waals surface area (Å²) in [6, 6.07) is 5.15. The molecule has 24 heavy (non-hydrogen) atoms. The van der Waals surface area contributed by atoms with Crippen LogP contribution in [0, 0.1) is 0 Å². The average molecular weight is 368 g/mol. The van der Waals surface area contributed by atoms with Crippen LogP contribution in [0.2, 0.25) is 0 Å². The maximum Gasteiger partial charge on any atom is 0.417 e. The normalized spacial score (nSPS) is 23.8. The van der Waals surface area contributed by atoms with Crippen molar-refractivity contribution in [2.24, 2.45) is 0 Å². The van der Waals surface area contributed by atoms with Gasteiger partial charge >= 0.3 is 6.18 Å². The highest BCUT2D eigenvalue weighted by molar-refractivity contribution is 7.83. The minimum Gasteiger partial charge on any atom is -0.464 e. The Morgan fingerprint density at radius 2 is 1.79 bits per heavy atom. The lowest BCUT2D eigenvalue weighted by atomic mass is 9.82. The van der Waals surface area contributed by atoms with Crippen LogP contribution in [0.4, 0.5) is 13.2 Å². The van der Waals surface area contributed by atoms with E-state index in [1.807, 2.05) is 0 Å². The zero-order chi connectivity index (χ0) is 17.7. The first-order chi connectivity index (χ1) is 11.1. The lowest BCUT2D eigenvalue weighted by Gasteiger charge is -2.32. The highest BCUT2D eigenvalue weighted by Gasteiger charge is 2.39. The van der Waals surface area contributed by atoms with E-state index in [0.29, 0.717) is 11.1 Å². The predicted octanol–water partition coefficient (Wildman–Crippen LogP) is 4.39. The van der Waals surface area contributed by atoms with Gasteiger partial charge in [-0.05, 0) is 30.7 Å². The van der Waals surface area contributed by atoms with Crippen LogP contribution in [-0.4, -0.2) is 20.4 Å². The van der Waals surface area contributed by atoms with Crippen molar-refractivity contribution < 1.29 is 23.0 Å². The molecule has 2 nitrogen and oxygen atoms in total. The second-order valence-electron chi connectivity index (χ2n) is 5.57. The van der Waals surface area contributed by atoms with Crippen molar-refractivity contribution >= 4 is 39.9 Å². The number of alkyl halides is 3. The van der Waals surface area contributed by atoms with Gasteiger partial charge in [0.15, 0.2) is 0 Å². The van der Waals surface area contributed by atoms with Crippen molar-refractivity contribution in [2.45, 2.75) is 18.7 Å². The fourth-order valence-electron chi connectivity index (χ4n) is 2.49. The summed E-state index contributed by atoms with van der Waals surface area (Å²) in [4.78, 5) is 0.394. The molecule has 0 bridgehead atoms. The molecule has 1 aliphatic carbocycles. The summed E-state index contributed by atoms with van der Waals surface area (Å²) in [6.07, 6.45) is -0.268. The Hall–Kier alpha value is -1.83. The molecule has 7 heteroatoms. The SMILES string of the molecule is CC1(O)C(=S)C=C2C=C(c3ccccc3C(F)(F)F)OC=C2C1=S. The standard InChI is InChI=1S/C17H11F3O2S2/c1-16(21)14(23)7-9-6-13(22-8-11(9)15(16)24)10-4-2-3-5-12(10)17(18,19)20/h2-8,21H,1H3. The van der Waals surface area contributed by atoms with Gasteiger partial charge in [0.25, 0.3) is 0 Å². The van der Waals surface area contributed by atoms with E-state index in [0.717, 1.165) is 6.07 Å². The lowest BCUT2D eigenvalue weighted by Crippen LogP contribution is -2.44. The Kier molecular flexibility index (Phi) is 3.98. The Balaban J connectivity index is 2.09. The van der Waals surface area contributed by atoms with E-state index in [4.69, 9.17) is 29.2 Å². The number of halogens is 3. The van der Waals surface area contributed by atoms with E-state index in [1.165, 1.54) is 43.5 Å². The van der Waals surface area contributed by atoms with Crippen LogP contribution in [0.5, 0.6) is 0 Å². The second kappa shape index (κ2) is 5.61. The molecular weight excluding hydrogens is 357 g/mol. The van der Waals surface area contributed by atoms with Gasteiger partial charge in [-0.3, -0.25) is 0 Å². The first-order valence-electron chi connectivity index (χ1n) is 6.91. The van der Waals surface area contributed by atoms with E-state index < -0.39 is 17.3 Å². The van der Waals surface area contributed by atoms with Gasteiger partial charge in [0.1, 0.15) is 17.6 Å². The lowest BCUT2D eigenvalue weighted by molar-refractivity contribution is -0.137. The molecule has 1 atom stereocenters. The van der Waals surface area contributed by atoms with Gasteiger partial charge in [-0.15, -0.1) is 0 Å². The van der Waals surface area contributed by atoms with Gasteiger partial charge < -0.3 is 9.84 Å². The summed E-state index contributed by atoms with van der Waals surface area (Å²) in [6.45, 7) is 1.48.